The van der Waals surface area contributed by atoms with Gasteiger partial charge < -0.3 is 0 Å². The van der Waals surface area contributed by atoms with Crippen LogP contribution >= 0.6 is 11.6 Å². The van der Waals surface area contributed by atoms with Gasteiger partial charge in [0.25, 0.3) is 0 Å². The number of halogens is 1. The largest absolute Gasteiger partial charge is 0.291 e. The van der Waals surface area contributed by atoms with Gasteiger partial charge in [-0.05, 0) is 17.7 Å². The van der Waals surface area contributed by atoms with Gasteiger partial charge in [-0.1, -0.05) is 60.1 Å². The number of para-hydroxylation sites is 1. The van der Waals surface area contributed by atoms with Crippen LogP contribution in [-0.2, 0) is 11.2 Å². The second kappa shape index (κ2) is 6.71. The topological polar surface area (TPSA) is 41.5 Å². The predicted molar refractivity (Wildman–Crippen MR) is 78.5 cm³/mol. The summed E-state index contributed by atoms with van der Waals surface area (Å²) < 4.78 is 0. The molecule has 2 aromatic carbocycles. The molecular weight excluding hydrogens is 260 g/mol. The third-order valence-electron chi connectivity index (χ3n) is 2.49. The maximum Gasteiger partial charge on any atom is 0.198 e. The number of hydrazone groups is 1. The van der Waals surface area contributed by atoms with E-state index in [0.717, 1.165) is 11.3 Å². The fraction of sp³-hybridized carbons (Fsp3) is 0.0667. The van der Waals surface area contributed by atoms with Crippen molar-refractivity contribution in [1.82, 2.24) is 0 Å². The molecule has 1 N–H and O–H groups in total. The van der Waals surface area contributed by atoms with Gasteiger partial charge >= 0.3 is 0 Å². The number of benzene rings is 2. The Balaban J connectivity index is 1.95. The third kappa shape index (κ3) is 4.23. The van der Waals surface area contributed by atoms with Gasteiger partial charge in [0.2, 0.25) is 0 Å². The highest BCUT2D eigenvalue weighted by atomic mass is 35.5. The molecule has 0 heterocycles. The Bertz CT molecular complexity index is 567. The van der Waals surface area contributed by atoms with Crippen molar-refractivity contribution in [1.29, 1.82) is 0 Å². The van der Waals surface area contributed by atoms with Gasteiger partial charge in [0, 0.05) is 6.42 Å². The Hall–Kier alpha value is -2.13. The molecule has 0 spiro atoms. The molecule has 4 heteroatoms. The molecule has 96 valence electrons. The van der Waals surface area contributed by atoms with Crippen LogP contribution in [0.5, 0.6) is 0 Å². The standard InChI is InChI=1S/C15H13ClN2O/c16-15(18-17-13-9-5-2-6-10-13)14(19)11-12-7-3-1-4-8-12/h1-10,17H,11H2. The molecule has 0 aromatic heterocycles. The monoisotopic (exact) mass is 272 g/mol. The lowest BCUT2D eigenvalue weighted by Crippen LogP contribution is -2.12. The number of Topliss-reactive ketones (excluding diaryl/α,β-unsaturated/α-hetero) is 1. The summed E-state index contributed by atoms with van der Waals surface area (Å²) >= 11 is 5.87. The van der Waals surface area contributed by atoms with Crippen LogP contribution < -0.4 is 5.43 Å². The lowest BCUT2D eigenvalue weighted by Gasteiger charge is -2.01. The molecule has 0 aliphatic carbocycles. The van der Waals surface area contributed by atoms with Crippen molar-refractivity contribution in [2.24, 2.45) is 5.10 Å². The average molecular weight is 273 g/mol. The molecule has 2 rings (SSSR count). The highest BCUT2D eigenvalue weighted by Gasteiger charge is 2.09. The number of carbonyl (C=O) groups is 1. The van der Waals surface area contributed by atoms with Gasteiger partial charge in [0.15, 0.2) is 11.0 Å². The second-order valence-corrected chi connectivity index (χ2v) is 4.32. The first kappa shape index (κ1) is 13.3. The zero-order chi connectivity index (χ0) is 13.5. The van der Waals surface area contributed by atoms with E-state index in [1.807, 2.05) is 60.7 Å². The molecule has 0 saturated heterocycles. The van der Waals surface area contributed by atoms with Gasteiger partial charge in [-0.2, -0.15) is 5.10 Å². The number of nitrogens with one attached hydrogen (secondary N) is 1. The first-order valence-corrected chi connectivity index (χ1v) is 6.25. The molecule has 2 aromatic rings. The van der Waals surface area contributed by atoms with Gasteiger partial charge in [0.1, 0.15) is 0 Å². The summed E-state index contributed by atoms with van der Waals surface area (Å²) in [4.78, 5) is 11.8. The number of hydrogen-bond acceptors (Lipinski definition) is 3. The fourth-order valence-electron chi connectivity index (χ4n) is 1.54. The van der Waals surface area contributed by atoms with Crippen LogP contribution in [0.1, 0.15) is 5.56 Å². The summed E-state index contributed by atoms with van der Waals surface area (Å²) in [5, 5.41) is 3.82. The minimum absolute atomic E-state index is 0.0484. The second-order valence-electron chi connectivity index (χ2n) is 3.97. The van der Waals surface area contributed by atoms with Crippen molar-refractivity contribution in [3.63, 3.8) is 0 Å². The Morgan fingerprint density at radius 1 is 1.00 bits per heavy atom. The molecule has 0 radical (unpaired) electrons. The van der Waals surface area contributed by atoms with Gasteiger partial charge in [-0.15, -0.1) is 0 Å². The Labute approximate surface area is 116 Å². The van der Waals surface area contributed by atoms with Crippen LogP contribution in [0.3, 0.4) is 0 Å². The van der Waals surface area contributed by atoms with Gasteiger partial charge in [-0.25, -0.2) is 0 Å². The van der Waals surface area contributed by atoms with E-state index < -0.39 is 0 Å². The molecule has 19 heavy (non-hydrogen) atoms. The van der Waals surface area contributed by atoms with E-state index in [1.54, 1.807) is 0 Å². The number of hydrogen-bond donors (Lipinski definition) is 1. The first-order valence-electron chi connectivity index (χ1n) is 5.87. The first-order chi connectivity index (χ1) is 9.25. The van der Waals surface area contributed by atoms with Crippen molar-refractivity contribution in [3.05, 3.63) is 66.2 Å². The molecule has 0 bridgehead atoms. The summed E-state index contributed by atoms with van der Waals surface area (Å²) in [6, 6.07) is 18.8. The highest BCUT2D eigenvalue weighted by Crippen LogP contribution is 2.06. The van der Waals surface area contributed by atoms with E-state index in [9.17, 15) is 4.79 Å². The highest BCUT2D eigenvalue weighted by molar-refractivity contribution is 6.83. The smallest absolute Gasteiger partial charge is 0.198 e. The number of anilines is 1. The zero-order valence-electron chi connectivity index (χ0n) is 10.2. The summed E-state index contributed by atoms with van der Waals surface area (Å²) in [5.74, 6) is -0.212. The van der Waals surface area contributed by atoms with Crippen molar-refractivity contribution in [3.8, 4) is 0 Å². The van der Waals surface area contributed by atoms with Crippen molar-refractivity contribution < 1.29 is 4.79 Å². The molecular formula is C15H13ClN2O. The Morgan fingerprint density at radius 3 is 2.21 bits per heavy atom. The predicted octanol–water partition coefficient (Wildman–Crippen LogP) is 3.46. The molecule has 0 atom stereocenters. The maximum atomic E-state index is 11.8. The molecule has 0 aliphatic heterocycles. The molecule has 0 aliphatic rings. The van der Waals surface area contributed by atoms with Crippen molar-refractivity contribution in [2.75, 3.05) is 5.43 Å². The Kier molecular flexibility index (Phi) is 4.70. The van der Waals surface area contributed by atoms with Crippen LogP contribution in [0.25, 0.3) is 0 Å². The van der Waals surface area contributed by atoms with Crippen LogP contribution in [0, 0.1) is 0 Å². The minimum Gasteiger partial charge on any atom is -0.291 e. The maximum absolute atomic E-state index is 11.8. The van der Waals surface area contributed by atoms with E-state index in [-0.39, 0.29) is 17.4 Å². The van der Waals surface area contributed by atoms with Crippen molar-refractivity contribution >= 4 is 28.2 Å². The van der Waals surface area contributed by atoms with Crippen LogP contribution in [0.4, 0.5) is 5.69 Å². The lowest BCUT2D eigenvalue weighted by molar-refractivity contribution is -0.112. The normalized spacial score (nSPS) is 11.1. The summed E-state index contributed by atoms with van der Waals surface area (Å²) in [6.45, 7) is 0. The minimum atomic E-state index is -0.212. The molecule has 0 saturated carbocycles. The fourth-order valence-corrected chi connectivity index (χ4v) is 1.65. The van der Waals surface area contributed by atoms with E-state index in [1.165, 1.54) is 0 Å². The lowest BCUT2D eigenvalue weighted by atomic mass is 10.1. The van der Waals surface area contributed by atoms with Gasteiger partial charge in [0.05, 0.1) is 5.69 Å². The SMILES string of the molecule is O=C(Cc1ccccc1)C(Cl)=NNc1ccccc1. The Morgan fingerprint density at radius 2 is 1.58 bits per heavy atom. The zero-order valence-corrected chi connectivity index (χ0v) is 11.0. The number of carbonyl (C=O) groups excluding carboxylic acids is 1. The van der Waals surface area contributed by atoms with E-state index in [0.29, 0.717) is 0 Å². The number of rotatable bonds is 5. The molecule has 0 unspecified atom stereocenters. The quantitative estimate of drug-likeness (QED) is 0.669. The summed E-state index contributed by atoms with van der Waals surface area (Å²) in [6.07, 6.45) is 0.250. The van der Waals surface area contributed by atoms with Gasteiger partial charge in [-0.3, -0.25) is 10.2 Å². The van der Waals surface area contributed by atoms with E-state index >= 15 is 0 Å². The van der Waals surface area contributed by atoms with Crippen LogP contribution in [0.15, 0.2) is 65.8 Å². The van der Waals surface area contributed by atoms with Crippen LogP contribution in [0.2, 0.25) is 0 Å². The molecule has 0 amide bonds. The summed E-state index contributed by atoms with van der Waals surface area (Å²) in [7, 11) is 0. The number of ketones is 1. The van der Waals surface area contributed by atoms with Crippen molar-refractivity contribution in [2.45, 2.75) is 6.42 Å². The third-order valence-corrected chi connectivity index (χ3v) is 2.79. The summed E-state index contributed by atoms with van der Waals surface area (Å²) in [5.41, 5.74) is 4.45. The van der Waals surface area contributed by atoms with E-state index in [4.69, 9.17) is 11.6 Å². The molecule has 3 nitrogen and oxygen atoms in total. The average Bonchev–Trinajstić information content (AvgIpc) is 2.47. The molecule has 0 fully saturated rings. The number of nitrogens with zero attached hydrogens (tertiary/aromatic N) is 1. The van der Waals surface area contributed by atoms with Crippen LogP contribution in [-0.4, -0.2) is 11.0 Å². The van der Waals surface area contributed by atoms with E-state index in [2.05, 4.69) is 10.5 Å².